The number of piperidine rings is 1. The first-order valence-electron chi connectivity index (χ1n) is 7.76. The van der Waals surface area contributed by atoms with Gasteiger partial charge in [-0.1, -0.05) is 0 Å². The molecule has 2 aliphatic heterocycles. The zero-order valence-corrected chi connectivity index (χ0v) is 13.1. The van der Waals surface area contributed by atoms with Gasteiger partial charge in [-0.2, -0.15) is 18.4 Å². The summed E-state index contributed by atoms with van der Waals surface area (Å²) in [5, 5.41) is 9.15. The lowest BCUT2D eigenvalue weighted by Crippen LogP contribution is -2.55. The van der Waals surface area contributed by atoms with Crippen molar-refractivity contribution in [1.82, 2.24) is 4.90 Å². The molecule has 7 heteroatoms. The standard InChI is InChI=1S/C17H17F3N2O2/c1-22-13-4-11(5-14(22)9-24-8-13)16(23)15-6-12(17(18,19)20)3-2-10(15)7-21/h2-3,6,11,13-14H,4-5,8-9H2,1H3. The van der Waals surface area contributed by atoms with Gasteiger partial charge in [0, 0.05) is 23.6 Å². The van der Waals surface area contributed by atoms with Crippen LogP contribution < -0.4 is 0 Å². The summed E-state index contributed by atoms with van der Waals surface area (Å²) in [6, 6.07) is 4.73. The molecule has 1 aromatic carbocycles. The lowest BCUT2D eigenvalue weighted by molar-refractivity contribution is -0.137. The molecule has 3 rings (SSSR count). The number of ether oxygens (including phenoxy) is 1. The molecular formula is C17H17F3N2O2. The lowest BCUT2D eigenvalue weighted by Gasteiger charge is -2.46. The average Bonchev–Trinajstić information content (AvgIpc) is 2.52. The van der Waals surface area contributed by atoms with Gasteiger partial charge in [-0.25, -0.2) is 0 Å². The molecule has 2 unspecified atom stereocenters. The van der Waals surface area contributed by atoms with Gasteiger partial charge in [-0.15, -0.1) is 0 Å². The van der Waals surface area contributed by atoms with Crippen LogP contribution in [0.4, 0.5) is 13.2 Å². The van der Waals surface area contributed by atoms with E-state index in [0.717, 1.165) is 18.2 Å². The van der Waals surface area contributed by atoms with E-state index in [1.165, 1.54) is 0 Å². The van der Waals surface area contributed by atoms with E-state index in [4.69, 9.17) is 10.00 Å². The molecule has 0 aliphatic carbocycles. The first-order valence-corrected chi connectivity index (χ1v) is 7.76. The number of rotatable bonds is 2. The maximum absolute atomic E-state index is 12.9. The van der Waals surface area contributed by atoms with E-state index in [2.05, 4.69) is 4.90 Å². The van der Waals surface area contributed by atoms with Crippen LogP contribution in [0.2, 0.25) is 0 Å². The second kappa shape index (κ2) is 6.19. The van der Waals surface area contributed by atoms with Crippen LogP contribution in [-0.2, 0) is 10.9 Å². The van der Waals surface area contributed by atoms with Crippen molar-refractivity contribution in [3.63, 3.8) is 0 Å². The van der Waals surface area contributed by atoms with Gasteiger partial charge in [0.15, 0.2) is 5.78 Å². The Hall–Kier alpha value is -1.91. The van der Waals surface area contributed by atoms with E-state index >= 15 is 0 Å². The fourth-order valence-electron chi connectivity index (χ4n) is 3.55. The molecule has 0 aromatic heterocycles. The molecule has 1 aromatic rings. The lowest BCUT2D eigenvalue weighted by atomic mass is 9.80. The highest BCUT2D eigenvalue weighted by Gasteiger charge is 2.40. The molecule has 2 fully saturated rings. The van der Waals surface area contributed by atoms with Crippen LogP contribution in [-0.4, -0.2) is 43.0 Å². The van der Waals surface area contributed by atoms with Crippen molar-refractivity contribution in [2.75, 3.05) is 20.3 Å². The van der Waals surface area contributed by atoms with Crippen molar-refractivity contribution in [2.24, 2.45) is 5.92 Å². The molecule has 2 heterocycles. The summed E-state index contributed by atoms with van der Waals surface area (Å²) in [6.07, 6.45) is -3.47. The Bertz CT molecular complexity index is 682. The van der Waals surface area contributed by atoms with Gasteiger partial charge in [-0.05, 0) is 38.1 Å². The van der Waals surface area contributed by atoms with Crippen LogP contribution in [0.15, 0.2) is 18.2 Å². The maximum Gasteiger partial charge on any atom is 0.416 e. The molecule has 2 aliphatic rings. The number of Topliss-reactive ketones (excluding diaryl/α,β-unsaturated/α-hetero) is 1. The molecule has 2 bridgehead atoms. The van der Waals surface area contributed by atoms with Gasteiger partial charge in [0.05, 0.1) is 30.4 Å². The Morgan fingerprint density at radius 1 is 1.29 bits per heavy atom. The Labute approximate surface area is 137 Å². The normalized spacial score (nSPS) is 27.5. The second-order valence-corrected chi connectivity index (χ2v) is 6.41. The van der Waals surface area contributed by atoms with Crippen LogP contribution in [0, 0.1) is 17.2 Å². The van der Waals surface area contributed by atoms with E-state index < -0.39 is 11.7 Å². The number of carbonyl (C=O) groups is 1. The number of halogens is 3. The summed E-state index contributed by atoms with van der Waals surface area (Å²) in [4.78, 5) is 15.0. The summed E-state index contributed by atoms with van der Waals surface area (Å²) in [6.45, 7) is 1.04. The predicted molar refractivity (Wildman–Crippen MR) is 79.4 cm³/mol. The fourth-order valence-corrected chi connectivity index (χ4v) is 3.55. The largest absolute Gasteiger partial charge is 0.416 e. The number of ketones is 1. The van der Waals surface area contributed by atoms with Crippen LogP contribution in [0.1, 0.15) is 34.3 Å². The van der Waals surface area contributed by atoms with Crippen LogP contribution >= 0.6 is 0 Å². The van der Waals surface area contributed by atoms with Crippen molar-refractivity contribution < 1.29 is 22.7 Å². The van der Waals surface area contributed by atoms with Gasteiger partial charge in [0.2, 0.25) is 0 Å². The van der Waals surface area contributed by atoms with Gasteiger partial charge >= 0.3 is 6.18 Å². The molecule has 0 saturated carbocycles. The van der Waals surface area contributed by atoms with Crippen molar-refractivity contribution >= 4 is 5.78 Å². The van der Waals surface area contributed by atoms with E-state index in [0.29, 0.717) is 26.1 Å². The number of nitriles is 1. The molecule has 0 N–H and O–H groups in total. The number of hydrogen-bond acceptors (Lipinski definition) is 4. The van der Waals surface area contributed by atoms with Crippen LogP contribution in [0.25, 0.3) is 0 Å². The molecule has 0 amide bonds. The summed E-state index contributed by atoms with van der Waals surface area (Å²) in [5.41, 5.74) is -1.03. The zero-order chi connectivity index (χ0) is 17.5. The topological polar surface area (TPSA) is 53.3 Å². The number of morpholine rings is 1. The first kappa shape index (κ1) is 16.9. The minimum atomic E-state index is -4.54. The third kappa shape index (κ3) is 3.04. The van der Waals surface area contributed by atoms with Crippen LogP contribution in [0.3, 0.4) is 0 Å². The minimum Gasteiger partial charge on any atom is -0.378 e. The fraction of sp³-hybridized carbons (Fsp3) is 0.529. The predicted octanol–water partition coefficient (Wildman–Crippen LogP) is 2.87. The number of carbonyl (C=O) groups excluding carboxylic acids is 1. The third-order valence-corrected chi connectivity index (χ3v) is 4.99. The highest BCUT2D eigenvalue weighted by Crippen LogP contribution is 2.35. The quantitative estimate of drug-likeness (QED) is 0.778. The number of likely N-dealkylation sites (N-methyl/N-ethyl adjacent to an activating group) is 1. The molecule has 24 heavy (non-hydrogen) atoms. The molecule has 0 radical (unpaired) electrons. The maximum atomic E-state index is 12.9. The molecule has 2 atom stereocenters. The Morgan fingerprint density at radius 2 is 1.92 bits per heavy atom. The Kier molecular flexibility index (Phi) is 4.37. The highest BCUT2D eigenvalue weighted by atomic mass is 19.4. The van der Waals surface area contributed by atoms with E-state index in [9.17, 15) is 18.0 Å². The Morgan fingerprint density at radius 3 is 2.46 bits per heavy atom. The van der Waals surface area contributed by atoms with Gasteiger partial charge in [0.25, 0.3) is 0 Å². The van der Waals surface area contributed by atoms with Crippen molar-refractivity contribution in [3.05, 3.63) is 34.9 Å². The van der Waals surface area contributed by atoms with Crippen molar-refractivity contribution in [1.29, 1.82) is 5.26 Å². The third-order valence-electron chi connectivity index (χ3n) is 4.99. The number of benzene rings is 1. The minimum absolute atomic E-state index is 0.00617. The highest BCUT2D eigenvalue weighted by molar-refractivity contribution is 6.00. The number of alkyl halides is 3. The van der Waals surface area contributed by atoms with Crippen molar-refractivity contribution in [2.45, 2.75) is 31.1 Å². The molecule has 2 saturated heterocycles. The van der Waals surface area contributed by atoms with E-state index in [-0.39, 0.29) is 34.9 Å². The summed E-state index contributed by atoms with van der Waals surface area (Å²) >= 11 is 0. The summed E-state index contributed by atoms with van der Waals surface area (Å²) < 4.78 is 44.3. The SMILES string of the molecule is CN1C2COCC1CC(C(=O)c1cc(C(F)(F)F)ccc1C#N)C2. The monoisotopic (exact) mass is 338 g/mol. The molecule has 4 nitrogen and oxygen atoms in total. The van der Waals surface area contributed by atoms with Gasteiger partial charge in [-0.3, -0.25) is 9.69 Å². The van der Waals surface area contributed by atoms with Gasteiger partial charge in [0.1, 0.15) is 0 Å². The number of nitrogens with zero attached hydrogens (tertiary/aromatic N) is 2. The molecule has 0 spiro atoms. The zero-order valence-electron chi connectivity index (χ0n) is 13.1. The molecular weight excluding hydrogens is 321 g/mol. The average molecular weight is 338 g/mol. The molecule has 128 valence electrons. The number of hydrogen-bond donors (Lipinski definition) is 0. The smallest absolute Gasteiger partial charge is 0.378 e. The Balaban J connectivity index is 1.91. The van der Waals surface area contributed by atoms with E-state index in [1.807, 2.05) is 13.1 Å². The van der Waals surface area contributed by atoms with Gasteiger partial charge < -0.3 is 4.74 Å². The summed E-state index contributed by atoms with van der Waals surface area (Å²) in [5.74, 6) is -0.752. The van der Waals surface area contributed by atoms with Crippen molar-refractivity contribution in [3.8, 4) is 6.07 Å². The van der Waals surface area contributed by atoms with Crippen LogP contribution in [0.5, 0.6) is 0 Å². The summed E-state index contributed by atoms with van der Waals surface area (Å²) in [7, 11) is 1.98. The number of fused-ring (bicyclic) bond motifs is 2. The second-order valence-electron chi connectivity index (χ2n) is 6.41. The first-order chi connectivity index (χ1) is 11.3. The van der Waals surface area contributed by atoms with E-state index in [1.54, 1.807) is 0 Å².